The first-order valence-corrected chi connectivity index (χ1v) is 30.9. The maximum absolute atomic E-state index is 13.8. The SMILES string of the molecule is C1CCCNCC1.CS(=O)(=O)Nc1ccc(Cl)cc1C(=O)N1CCCC[C@H]1c1cc2nc(Cl)cc(Cl)n2n1.CS(=O)(=O)Nc1ccc(Cl)cc1C(=O)N1CCCC[C@H]1c1cc2nc(Cl)cc(N3CCCCCC3)n2n1. The van der Waals surface area contributed by atoms with E-state index in [0.29, 0.717) is 56.9 Å². The second-order valence-corrected chi connectivity index (χ2v) is 24.8. The molecule has 0 saturated carbocycles. The molecule has 2 atom stereocenters. The second-order valence-electron chi connectivity index (χ2n) is 19.2. The minimum absolute atomic E-state index is 0.174. The Morgan fingerprint density at radius 1 is 0.547 bits per heavy atom. The van der Waals surface area contributed by atoms with E-state index < -0.39 is 20.0 Å². The van der Waals surface area contributed by atoms with Gasteiger partial charge in [0.1, 0.15) is 21.3 Å². The molecule has 4 saturated heterocycles. The van der Waals surface area contributed by atoms with E-state index >= 15 is 0 Å². The number of hydrogen-bond acceptors (Lipinski definition) is 12. The van der Waals surface area contributed by atoms with Crippen molar-refractivity contribution >= 4 is 118 Å². The minimum Gasteiger partial charge on any atom is -0.356 e. The van der Waals surface area contributed by atoms with Crippen LogP contribution >= 0.6 is 58.0 Å². The summed E-state index contributed by atoms with van der Waals surface area (Å²) in [6.45, 7) is 5.38. The zero-order chi connectivity index (χ0) is 53.4. The van der Waals surface area contributed by atoms with Gasteiger partial charge in [0.2, 0.25) is 20.0 Å². The number of fused-ring (bicyclic) bond motifs is 2. The van der Waals surface area contributed by atoms with Crippen LogP contribution in [-0.4, -0.2) is 119 Å². The third-order valence-electron chi connectivity index (χ3n) is 13.4. The first-order chi connectivity index (χ1) is 35.8. The van der Waals surface area contributed by atoms with Crippen LogP contribution in [0.25, 0.3) is 11.3 Å². The summed E-state index contributed by atoms with van der Waals surface area (Å²) in [6.07, 6.45) is 17.3. The molecule has 0 spiro atoms. The Labute approximate surface area is 462 Å². The molecule has 6 aromatic rings. The Morgan fingerprint density at radius 2 is 0.987 bits per heavy atom. The number of hydrogen-bond donors (Lipinski definition) is 3. The van der Waals surface area contributed by atoms with Crippen LogP contribution in [0.2, 0.25) is 25.5 Å². The molecule has 10 rings (SSSR count). The molecule has 4 fully saturated rings. The van der Waals surface area contributed by atoms with E-state index in [2.05, 4.69) is 34.7 Å². The summed E-state index contributed by atoms with van der Waals surface area (Å²) in [6, 6.07) is 15.4. The highest BCUT2D eigenvalue weighted by atomic mass is 35.5. The van der Waals surface area contributed by atoms with Crippen LogP contribution in [0.3, 0.4) is 0 Å². The smallest absolute Gasteiger partial charge is 0.256 e. The molecule has 0 aliphatic carbocycles. The van der Waals surface area contributed by atoms with Crippen LogP contribution in [-0.2, 0) is 20.0 Å². The number of nitrogens with zero attached hydrogens (tertiary/aromatic N) is 9. The number of halogens is 5. The van der Waals surface area contributed by atoms with Gasteiger partial charge in [-0.1, -0.05) is 83.7 Å². The van der Waals surface area contributed by atoms with Gasteiger partial charge in [-0.15, -0.1) is 0 Å². The van der Waals surface area contributed by atoms with Gasteiger partial charge in [-0.3, -0.25) is 19.0 Å². The van der Waals surface area contributed by atoms with Crippen molar-refractivity contribution in [3.63, 3.8) is 0 Å². The summed E-state index contributed by atoms with van der Waals surface area (Å²) in [7, 11) is -7.17. The molecular weight excluding hydrogens is 1110 g/mol. The van der Waals surface area contributed by atoms with Crippen molar-refractivity contribution in [2.45, 2.75) is 102 Å². The first-order valence-electron chi connectivity index (χ1n) is 25.2. The van der Waals surface area contributed by atoms with Gasteiger partial charge in [0.15, 0.2) is 11.3 Å². The molecular formula is C50H61Cl5N12O6S2. The highest BCUT2D eigenvalue weighted by molar-refractivity contribution is 7.92. The molecule has 75 heavy (non-hydrogen) atoms. The number of carbonyl (C=O) groups is 2. The number of piperidine rings is 2. The molecule has 4 aliphatic heterocycles. The Hall–Kier alpha value is -4.67. The normalized spacial score (nSPS) is 18.8. The molecule has 8 heterocycles. The van der Waals surface area contributed by atoms with Crippen molar-refractivity contribution in [1.82, 2.24) is 44.3 Å². The fourth-order valence-corrected chi connectivity index (χ4v) is 12.1. The third-order valence-corrected chi connectivity index (χ3v) is 15.7. The molecule has 4 aliphatic rings. The Bertz CT molecular complexity index is 3230. The Kier molecular flexibility index (Phi) is 19.0. The van der Waals surface area contributed by atoms with Crippen molar-refractivity contribution < 1.29 is 26.4 Å². The highest BCUT2D eigenvalue weighted by Gasteiger charge is 2.34. The average Bonchev–Trinajstić information content (AvgIpc) is 3.71. The lowest BCUT2D eigenvalue weighted by Crippen LogP contribution is -2.39. The number of anilines is 3. The maximum atomic E-state index is 13.8. The molecule has 25 heteroatoms. The lowest BCUT2D eigenvalue weighted by Gasteiger charge is -2.35. The fourth-order valence-electron chi connectivity index (χ4n) is 9.94. The van der Waals surface area contributed by atoms with E-state index in [-0.39, 0.29) is 51.6 Å². The van der Waals surface area contributed by atoms with Gasteiger partial charge in [0, 0.05) is 60.5 Å². The lowest BCUT2D eigenvalue weighted by atomic mass is 9.98. The maximum Gasteiger partial charge on any atom is 0.256 e. The number of amides is 2. The number of benzene rings is 2. The van der Waals surface area contributed by atoms with E-state index in [1.165, 1.54) is 92.5 Å². The van der Waals surface area contributed by atoms with Crippen molar-refractivity contribution in [2.24, 2.45) is 0 Å². The molecule has 2 amide bonds. The van der Waals surface area contributed by atoms with E-state index in [9.17, 15) is 26.4 Å². The van der Waals surface area contributed by atoms with Gasteiger partial charge in [-0.2, -0.15) is 14.7 Å². The minimum atomic E-state index is -3.59. The summed E-state index contributed by atoms with van der Waals surface area (Å²) < 4.78 is 55.5. The summed E-state index contributed by atoms with van der Waals surface area (Å²) in [5.41, 5.74) is 3.24. The number of nitrogens with one attached hydrogen (secondary N) is 3. The molecule has 0 bridgehead atoms. The van der Waals surface area contributed by atoms with Crippen LogP contribution in [0.5, 0.6) is 0 Å². The second kappa shape index (κ2) is 25.2. The van der Waals surface area contributed by atoms with Crippen LogP contribution in [0.1, 0.15) is 134 Å². The zero-order valence-electron chi connectivity index (χ0n) is 41.8. The van der Waals surface area contributed by atoms with Crippen molar-refractivity contribution in [3.05, 3.63) is 109 Å². The number of rotatable bonds is 9. The number of aromatic nitrogens is 6. The van der Waals surface area contributed by atoms with Gasteiger partial charge in [-0.05, 0) is 114 Å². The van der Waals surface area contributed by atoms with Crippen molar-refractivity contribution in [1.29, 1.82) is 0 Å². The van der Waals surface area contributed by atoms with Crippen LogP contribution < -0.4 is 19.7 Å². The molecule has 3 N–H and O–H groups in total. The lowest BCUT2D eigenvalue weighted by molar-refractivity contribution is 0.0600. The van der Waals surface area contributed by atoms with Gasteiger partial charge in [0.25, 0.3) is 11.8 Å². The summed E-state index contributed by atoms with van der Waals surface area (Å²) in [4.78, 5) is 41.8. The average molecular weight is 1170 g/mol. The summed E-state index contributed by atoms with van der Waals surface area (Å²) in [5, 5.41) is 14.5. The molecule has 18 nitrogen and oxygen atoms in total. The van der Waals surface area contributed by atoms with Crippen LogP contribution in [0.15, 0.2) is 60.7 Å². The molecule has 4 aromatic heterocycles. The van der Waals surface area contributed by atoms with E-state index in [1.54, 1.807) is 21.9 Å². The van der Waals surface area contributed by atoms with Gasteiger partial charge in [0.05, 0.1) is 58.5 Å². The van der Waals surface area contributed by atoms with Crippen LogP contribution in [0.4, 0.5) is 17.2 Å². The number of sulfonamides is 2. The number of carbonyl (C=O) groups excluding carboxylic acids is 2. The van der Waals surface area contributed by atoms with Gasteiger partial charge in [-0.25, -0.2) is 31.3 Å². The zero-order valence-corrected chi connectivity index (χ0v) is 47.2. The molecule has 0 radical (unpaired) electrons. The first kappa shape index (κ1) is 56.5. The highest BCUT2D eigenvalue weighted by Crippen LogP contribution is 2.37. The topological polar surface area (TPSA) is 209 Å². The number of likely N-dealkylation sites (tertiary alicyclic amines) is 2. The summed E-state index contributed by atoms with van der Waals surface area (Å²) >= 11 is 30.9. The fraction of sp³-hybridized carbons (Fsp3) is 0.480. The van der Waals surface area contributed by atoms with Crippen molar-refractivity contribution in [3.8, 4) is 0 Å². The summed E-state index contributed by atoms with van der Waals surface area (Å²) in [5.74, 6) is 0.271. The monoisotopic (exact) mass is 1160 g/mol. The van der Waals surface area contributed by atoms with E-state index in [4.69, 9.17) is 63.1 Å². The van der Waals surface area contributed by atoms with Crippen molar-refractivity contribution in [2.75, 3.05) is 66.1 Å². The third kappa shape index (κ3) is 14.9. The van der Waals surface area contributed by atoms with E-state index in [1.807, 2.05) is 16.6 Å². The standard InChI is InChI=1S/C25H30Cl2N6O3S.C19H18Cl3N5O3S.C6H13N/c1-37(35,36)30-19-10-9-17(26)14-18(19)25(34)32-13-7-4-8-21(32)20-15-23-28-22(27)16-24(33(23)29-20)31-11-5-2-3-6-12-31;1-31(29,30)25-13-6-5-11(20)8-12(13)19(28)26-7-3-2-4-15(26)14-9-18-23-16(21)10-17(22)27(18)24-14;1-2-4-6-7-5-3-1/h9-10,14-16,21,30H,2-8,11-13H2,1H3;5-6,8-10,15,25H,2-4,7H2,1H3;7H,1-6H2/t21-;15-;/m00./s1. The largest absolute Gasteiger partial charge is 0.356 e. The predicted octanol–water partition coefficient (Wildman–Crippen LogP) is 10.7. The molecule has 0 unspecified atom stereocenters. The Morgan fingerprint density at radius 3 is 1.48 bits per heavy atom. The predicted molar refractivity (Wildman–Crippen MR) is 298 cm³/mol. The van der Waals surface area contributed by atoms with E-state index in [0.717, 1.165) is 82.1 Å². The van der Waals surface area contributed by atoms with Gasteiger partial charge < -0.3 is 20.0 Å². The van der Waals surface area contributed by atoms with Gasteiger partial charge >= 0.3 is 0 Å². The molecule has 2 aromatic carbocycles. The quantitative estimate of drug-likeness (QED) is 0.116. The van der Waals surface area contributed by atoms with Crippen LogP contribution in [0, 0.1) is 0 Å². The Balaban J connectivity index is 0.000000178. The molecule has 404 valence electrons.